The number of urea groups is 1. The lowest BCUT2D eigenvalue weighted by atomic mass is 9.92. The molecule has 2 aromatic rings. The number of para-hydroxylation sites is 1. The molecule has 0 bridgehead atoms. The monoisotopic (exact) mass is 385 g/mol. The van der Waals surface area contributed by atoms with Crippen LogP contribution >= 0.6 is 0 Å². The highest BCUT2D eigenvalue weighted by molar-refractivity contribution is 5.95. The summed E-state index contributed by atoms with van der Waals surface area (Å²) in [6.45, 7) is 8.43. The van der Waals surface area contributed by atoms with Crippen LogP contribution < -0.4 is 16.0 Å². The largest absolute Gasteiger partial charge is 0.334 e. The van der Waals surface area contributed by atoms with E-state index in [4.69, 9.17) is 0 Å². The fourth-order valence-corrected chi connectivity index (χ4v) is 2.89. The highest BCUT2D eigenvalue weighted by atomic mass is 19.1. The number of rotatable bonds is 7. The average molecular weight is 385 g/mol. The van der Waals surface area contributed by atoms with Gasteiger partial charge in [0.2, 0.25) is 5.91 Å². The molecular formula is C22H28FN3O2. The van der Waals surface area contributed by atoms with Gasteiger partial charge in [0.1, 0.15) is 5.82 Å². The fraction of sp³-hybridized carbons (Fsp3) is 0.364. The van der Waals surface area contributed by atoms with Crippen LogP contribution in [-0.2, 0) is 11.3 Å². The van der Waals surface area contributed by atoms with Crippen molar-refractivity contribution >= 4 is 17.6 Å². The van der Waals surface area contributed by atoms with Gasteiger partial charge in [-0.05, 0) is 40.7 Å². The predicted octanol–water partition coefficient (Wildman–Crippen LogP) is 4.51. The van der Waals surface area contributed by atoms with Crippen LogP contribution in [0.25, 0.3) is 0 Å². The molecule has 6 heteroatoms. The first kappa shape index (κ1) is 21.4. The van der Waals surface area contributed by atoms with Crippen molar-refractivity contribution in [1.29, 1.82) is 0 Å². The van der Waals surface area contributed by atoms with E-state index in [9.17, 15) is 14.0 Å². The van der Waals surface area contributed by atoms with Gasteiger partial charge in [-0.2, -0.15) is 0 Å². The summed E-state index contributed by atoms with van der Waals surface area (Å²) in [6, 6.07) is 11.4. The lowest BCUT2D eigenvalue weighted by Gasteiger charge is -2.20. The molecule has 3 amide bonds. The minimum atomic E-state index is -0.458. The molecule has 0 spiro atoms. The van der Waals surface area contributed by atoms with Crippen molar-refractivity contribution in [2.45, 2.75) is 46.1 Å². The molecule has 5 nitrogen and oxygen atoms in total. The van der Waals surface area contributed by atoms with Crippen LogP contribution in [0.4, 0.5) is 14.9 Å². The van der Waals surface area contributed by atoms with Crippen molar-refractivity contribution in [3.8, 4) is 0 Å². The molecular weight excluding hydrogens is 357 g/mol. The second-order valence-corrected chi connectivity index (χ2v) is 7.33. The van der Waals surface area contributed by atoms with Crippen LogP contribution in [-0.4, -0.2) is 18.5 Å². The Morgan fingerprint density at radius 2 is 1.46 bits per heavy atom. The van der Waals surface area contributed by atoms with Gasteiger partial charge in [-0.3, -0.25) is 4.79 Å². The Labute approximate surface area is 165 Å². The lowest BCUT2D eigenvalue weighted by molar-refractivity contribution is -0.115. The second-order valence-electron chi connectivity index (χ2n) is 7.33. The van der Waals surface area contributed by atoms with E-state index in [1.807, 2.05) is 18.2 Å². The number of hydrogen-bond acceptors (Lipinski definition) is 2. The van der Waals surface area contributed by atoms with Crippen LogP contribution in [0.15, 0.2) is 42.5 Å². The van der Waals surface area contributed by atoms with Gasteiger partial charge in [0.25, 0.3) is 0 Å². The van der Waals surface area contributed by atoms with E-state index in [0.29, 0.717) is 0 Å². The first-order valence-electron chi connectivity index (χ1n) is 9.46. The maximum Gasteiger partial charge on any atom is 0.315 e. The Morgan fingerprint density at radius 1 is 0.893 bits per heavy atom. The summed E-state index contributed by atoms with van der Waals surface area (Å²) in [5.74, 6) is -0.0822. The molecule has 2 rings (SSSR count). The maximum atomic E-state index is 12.9. The zero-order valence-corrected chi connectivity index (χ0v) is 16.8. The van der Waals surface area contributed by atoms with E-state index >= 15 is 0 Å². The van der Waals surface area contributed by atoms with Crippen LogP contribution in [0, 0.1) is 5.82 Å². The number of carbonyl (C=O) groups excluding carboxylic acids is 2. The molecule has 0 aliphatic rings. The third-order valence-corrected chi connectivity index (χ3v) is 4.41. The van der Waals surface area contributed by atoms with E-state index in [1.165, 1.54) is 12.1 Å². The van der Waals surface area contributed by atoms with Crippen molar-refractivity contribution in [3.05, 3.63) is 65.0 Å². The average Bonchev–Trinajstić information content (AvgIpc) is 2.65. The Bertz CT molecular complexity index is 791. The molecule has 0 aromatic heterocycles. The third kappa shape index (κ3) is 6.08. The van der Waals surface area contributed by atoms with E-state index in [1.54, 1.807) is 12.1 Å². The van der Waals surface area contributed by atoms with E-state index < -0.39 is 6.03 Å². The molecule has 0 fully saturated rings. The molecule has 2 aromatic carbocycles. The van der Waals surface area contributed by atoms with Crippen molar-refractivity contribution in [1.82, 2.24) is 10.6 Å². The van der Waals surface area contributed by atoms with Gasteiger partial charge < -0.3 is 16.0 Å². The highest BCUT2D eigenvalue weighted by Gasteiger charge is 2.16. The summed E-state index contributed by atoms with van der Waals surface area (Å²) in [5, 5.41) is 8.14. The normalized spacial score (nSPS) is 10.8. The molecule has 0 aliphatic heterocycles. The molecule has 0 radical (unpaired) electrons. The first-order chi connectivity index (χ1) is 13.3. The van der Waals surface area contributed by atoms with Gasteiger partial charge in [0.05, 0.1) is 6.54 Å². The molecule has 0 atom stereocenters. The molecule has 0 aliphatic carbocycles. The standard InChI is InChI=1S/C22H28FN3O2/c1-14(2)18-6-5-7-19(15(3)4)21(18)26-20(27)13-25-22(28)24-12-16-8-10-17(23)11-9-16/h5-11,14-15H,12-13H2,1-4H3,(H,26,27)(H2,24,25,28). The van der Waals surface area contributed by atoms with Crippen LogP contribution in [0.1, 0.15) is 56.2 Å². The summed E-state index contributed by atoms with van der Waals surface area (Å²) in [4.78, 5) is 24.3. The van der Waals surface area contributed by atoms with Crippen LogP contribution in [0.2, 0.25) is 0 Å². The van der Waals surface area contributed by atoms with Gasteiger partial charge >= 0.3 is 6.03 Å². The quantitative estimate of drug-likeness (QED) is 0.656. The zero-order valence-electron chi connectivity index (χ0n) is 16.8. The Hall–Kier alpha value is -2.89. The Balaban J connectivity index is 1.91. The smallest absolute Gasteiger partial charge is 0.315 e. The molecule has 3 N–H and O–H groups in total. The van der Waals surface area contributed by atoms with Gasteiger partial charge in [-0.15, -0.1) is 0 Å². The molecule has 28 heavy (non-hydrogen) atoms. The second kappa shape index (κ2) is 9.88. The number of nitrogens with one attached hydrogen (secondary N) is 3. The van der Waals surface area contributed by atoms with Crippen molar-refractivity contribution in [3.63, 3.8) is 0 Å². The SMILES string of the molecule is CC(C)c1cccc(C(C)C)c1NC(=O)CNC(=O)NCc1ccc(F)cc1. The minimum Gasteiger partial charge on any atom is -0.334 e. The van der Waals surface area contributed by atoms with E-state index in [-0.39, 0.29) is 36.6 Å². The Morgan fingerprint density at radius 3 is 2.00 bits per heavy atom. The molecule has 150 valence electrons. The molecule has 0 saturated heterocycles. The molecule has 0 saturated carbocycles. The molecule has 0 unspecified atom stereocenters. The fourth-order valence-electron chi connectivity index (χ4n) is 2.89. The van der Waals surface area contributed by atoms with Gasteiger partial charge in [-0.1, -0.05) is 58.0 Å². The number of hydrogen-bond donors (Lipinski definition) is 3. The number of halogens is 1. The van der Waals surface area contributed by atoms with Gasteiger partial charge in [0, 0.05) is 12.2 Å². The summed E-state index contributed by atoms with van der Waals surface area (Å²) >= 11 is 0. The summed E-state index contributed by atoms with van der Waals surface area (Å²) in [6.07, 6.45) is 0. The van der Waals surface area contributed by atoms with Crippen LogP contribution in [0.3, 0.4) is 0 Å². The summed E-state index contributed by atoms with van der Waals surface area (Å²) in [5.41, 5.74) is 3.74. The van der Waals surface area contributed by atoms with E-state index in [0.717, 1.165) is 22.4 Å². The van der Waals surface area contributed by atoms with Crippen molar-refractivity contribution in [2.75, 3.05) is 11.9 Å². The number of amides is 3. The minimum absolute atomic E-state index is 0.140. The van der Waals surface area contributed by atoms with E-state index in [2.05, 4.69) is 43.6 Å². The first-order valence-corrected chi connectivity index (χ1v) is 9.46. The number of benzene rings is 2. The van der Waals surface area contributed by atoms with Gasteiger partial charge in [0.15, 0.2) is 0 Å². The van der Waals surface area contributed by atoms with Gasteiger partial charge in [-0.25, -0.2) is 9.18 Å². The maximum absolute atomic E-state index is 12.9. The topological polar surface area (TPSA) is 70.2 Å². The zero-order chi connectivity index (χ0) is 20.7. The Kier molecular flexibility index (Phi) is 7.55. The summed E-state index contributed by atoms with van der Waals surface area (Å²) in [7, 11) is 0. The predicted molar refractivity (Wildman–Crippen MR) is 110 cm³/mol. The number of carbonyl (C=O) groups is 2. The van der Waals surface area contributed by atoms with Crippen molar-refractivity contribution < 1.29 is 14.0 Å². The molecule has 0 heterocycles. The summed E-state index contributed by atoms with van der Waals surface area (Å²) < 4.78 is 12.9. The third-order valence-electron chi connectivity index (χ3n) is 4.41. The van der Waals surface area contributed by atoms with Crippen molar-refractivity contribution in [2.24, 2.45) is 0 Å². The lowest BCUT2D eigenvalue weighted by Crippen LogP contribution is -2.39. The number of anilines is 1. The highest BCUT2D eigenvalue weighted by Crippen LogP contribution is 2.32. The van der Waals surface area contributed by atoms with Crippen LogP contribution in [0.5, 0.6) is 0 Å².